The average Bonchev–Trinajstić information content (AvgIpc) is 2.64. The van der Waals surface area contributed by atoms with Gasteiger partial charge in [-0.3, -0.25) is 4.79 Å². The van der Waals surface area contributed by atoms with Crippen LogP contribution in [0.2, 0.25) is 0 Å². The summed E-state index contributed by atoms with van der Waals surface area (Å²) < 4.78 is 0. The molecule has 162 valence electrons. The van der Waals surface area contributed by atoms with Gasteiger partial charge in [-0.1, -0.05) is 136 Å². The van der Waals surface area contributed by atoms with Gasteiger partial charge in [0.1, 0.15) is 0 Å². The van der Waals surface area contributed by atoms with Crippen molar-refractivity contribution in [3.63, 3.8) is 0 Å². The number of carboxylic acids is 1. The lowest BCUT2D eigenvalue weighted by Crippen LogP contribution is -1.96. The second kappa shape index (κ2) is 21.8. The zero-order valence-electron chi connectivity index (χ0n) is 18.8. The van der Waals surface area contributed by atoms with Gasteiger partial charge in [-0.2, -0.15) is 0 Å². The summed E-state index contributed by atoms with van der Waals surface area (Å²) in [4.78, 5) is 10.4. The second-order valence-corrected chi connectivity index (χ2v) is 8.84. The van der Waals surface area contributed by atoms with Crippen molar-refractivity contribution in [3.8, 4) is 0 Å². The minimum Gasteiger partial charge on any atom is -0.481 e. The van der Waals surface area contributed by atoms with Gasteiger partial charge in [-0.25, -0.2) is 0 Å². The van der Waals surface area contributed by atoms with E-state index in [9.17, 15) is 4.79 Å². The first-order valence-corrected chi connectivity index (χ1v) is 12.4. The molecule has 0 amide bonds. The molecule has 0 bridgehead atoms. The Balaban J connectivity index is 3.14. The van der Waals surface area contributed by atoms with Crippen LogP contribution in [0.1, 0.15) is 149 Å². The molecule has 27 heavy (non-hydrogen) atoms. The molecule has 0 aromatic carbocycles. The van der Waals surface area contributed by atoms with Gasteiger partial charge >= 0.3 is 5.97 Å². The highest BCUT2D eigenvalue weighted by atomic mass is 16.4. The number of unbranched alkanes of at least 4 members (excludes halogenated alkanes) is 16. The molecule has 0 spiro atoms. The van der Waals surface area contributed by atoms with E-state index in [-0.39, 0.29) is 0 Å². The molecule has 0 radical (unpaired) electrons. The number of aliphatic carboxylic acids is 1. The van der Waals surface area contributed by atoms with E-state index in [1.165, 1.54) is 116 Å². The van der Waals surface area contributed by atoms with Crippen LogP contribution >= 0.6 is 0 Å². The van der Waals surface area contributed by atoms with Crippen molar-refractivity contribution < 1.29 is 9.90 Å². The summed E-state index contributed by atoms with van der Waals surface area (Å²) in [7, 11) is 0. The normalized spacial score (nSPS) is 12.4. The van der Waals surface area contributed by atoms with E-state index in [1.807, 2.05) is 0 Å². The topological polar surface area (TPSA) is 37.3 Å². The smallest absolute Gasteiger partial charge is 0.303 e. The summed E-state index contributed by atoms with van der Waals surface area (Å²) >= 11 is 0. The van der Waals surface area contributed by atoms with Crippen LogP contribution in [0.15, 0.2) is 0 Å². The minimum absolute atomic E-state index is 0.343. The van der Waals surface area contributed by atoms with Crippen LogP contribution in [0.4, 0.5) is 0 Å². The quantitative estimate of drug-likeness (QED) is 0.190. The zero-order valence-corrected chi connectivity index (χ0v) is 18.8. The van der Waals surface area contributed by atoms with Crippen LogP contribution in [0.3, 0.4) is 0 Å². The number of hydrogen-bond acceptors (Lipinski definition) is 1. The molecule has 2 nitrogen and oxygen atoms in total. The molecule has 1 atom stereocenters. The molecule has 0 aliphatic rings. The maximum Gasteiger partial charge on any atom is 0.303 e. The van der Waals surface area contributed by atoms with Crippen molar-refractivity contribution >= 4 is 5.97 Å². The van der Waals surface area contributed by atoms with E-state index in [1.54, 1.807) is 0 Å². The van der Waals surface area contributed by atoms with Crippen molar-refractivity contribution in [1.29, 1.82) is 0 Å². The van der Waals surface area contributed by atoms with Gasteiger partial charge in [0, 0.05) is 6.42 Å². The van der Waals surface area contributed by atoms with Gasteiger partial charge in [-0.15, -0.1) is 0 Å². The van der Waals surface area contributed by atoms with Gasteiger partial charge in [-0.05, 0) is 12.3 Å². The van der Waals surface area contributed by atoms with Gasteiger partial charge in [0.25, 0.3) is 0 Å². The summed E-state index contributed by atoms with van der Waals surface area (Å²) in [6.45, 7) is 4.70. The molecule has 0 aromatic rings. The Kier molecular flexibility index (Phi) is 21.3. The fourth-order valence-corrected chi connectivity index (χ4v) is 3.95. The summed E-state index contributed by atoms with van der Waals surface area (Å²) in [5, 5.41) is 8.61. The van der Waals surface area contributed by atoms with Crippen molar-refractivity contribution in [1.82, 2.24) is 0 Å². The van der Waals surface area contributed by atoms with Crippen molar-refractivity contribution in [3.05, 3.63) is 0 Å². The highest BCUT2D eigenvalue weighted by molar-refractivity contribution is 5.66. The molecule has 1 unspecified atom stereocenters. The van der Waals surface area contributed by atoms with E-state index < -0.39 is 5.97 Å². The Labute approximate surface area is 170 Å². The van der Waals surface area contributed by atoms with E-state index in [2.05, 4.69) is 13.8 Å². The molecular formula is C25H50O2. The van der Waals surface area contributed by atoms with Crippen LogP contribution in [-0.2, 0) is 4.79 Å². The highest BCUT2D eigenvalue weighted by Gasteiger charge is 2.02. The first-order valence-electron chi connectivity index (χ1n) is 12.4. The molecule has 0 aliphatic carbocycles. The third-order valence-corrected chi connectivity index (χ3v) is 5.89. The van der Waals surface area contributed by atoms with Crippen LogP contribution in [0, 0.1) is 5.92 Å². The Morgan fingerprint density at radius 2 is 0.926 bits per heavy atom. The summed E-state index contributed by atoms with van der Waals surface area (Å²) in [5.41, 5.74) is 0. The summed E-state index contributed by atoms with van der Waals surface area (Å²) in [5.74, 6) is 0.221. The first-order chi connectivity index (χ1) is 13.2. The summed E-state index contributed by atoms with van der Waals surface area (Å²) in [6.07, 6.45) is 27.5. The molecule has 0 heterocycles. The maximum absolute atomic E-state index is 10.4. The standard InChI is InChI=1S/C25H50O2/c1-3-4-5-6-7-8-9-10-11-12-13-15-18-21-24(2)22-19-16-14-17-20-23-25(26)27/h24H,3-23H2,1-2H3,(H,26,27). The third kappa shape index (κ3) is 23.4. The SMILES string of the molecule is CCCCCCCCCCCCCCCC(C)CCCCCCCC(=O)O. The van der Waals surface area contributed by atoms with Gasteiger partial charge in [0.05, 0.1) is 0 Å². The number of carboxylic acid groups (broad SMARTS) is 1. The minimum atomic E-state index is -0.651. The molecule has 0 fully saturated rings. The summed E-state index contributed by atoms with van der Waals surface area (Å²) in [6, 6.07) is 0. The maximum atomic E-state index is 10.4. The van der Waals surface area contributed by atoms with Crippen LogP contribution in [-0.4, -0.2) is 11.1 Å². The van der Waals surface area contributed by atoms with Crippen LogP contribution < -0.4 is 0 Å². The van der Waals surface area contributed by atoms with Crippen molar-refractivity contribution in [2.75, 3.05) is 0 Å². The molecular weight excluding hydrogens is 332 g/mol. The van der Waals surface area contributed by atoms with E-state index in [4.69, 9.17) is 5.11 Å². The third-order valence-electron chi connectivity index (χ3n) is 5.89. The van der Waals surface area contributed by atoms with Crippen molar-refractivity contribution in [2.45, 2.75) is 149 Å². The monoisotopic (exact) mass is 382 g/mol. The van der Waals surface area contributed by atoms with E-state index in [0.717, 1.165) is 18.8 Å². The van der Waals surface area contributed by atoms with E-state index >= 15 is 0 Å². The lowest BCUT2D eigenvalue weighted by atomic mass is 9.96. The molecule has 0 rings (SSSR count). The largest absolute Gasteiger partial charge is 0.481 e. The molecule has 0 saturated carbocycles. The lowest BCUT2D eigenvalue weighted by molar-refractivity contribution is -0.137. The number of rotatable bonds is 22. The lowest BCUT2D eigenvalue weighted by Gasteiger charge is -2.11. The van der Waals surface area contributed by atoms with Gasteiger partial charge in [0.15, 0.2) is 0 Å². The predicted octanol–water partition coefficient (Wildman–Crippen LogP) is 8.92. The second-order valence-electron chi connectivity index (χ2n) is 8.84. The predicted molar refractivity (Wildman–Crippen MR) is 119 cm³/mol. The fourth-order valence-electron chi connectivity index (χ4n) is 3.95. The van der Waals surface area contributed by atoms with Gasteiger partial charge in [0.2, 0.25) is 0 Å². The Morgan fingerprint density at radius 1 is 0.593 bits per heavy atom. The Bertz CT molecular complexity index is 301. The molecule has 0 saturated heterocycles. The first kappa shape index (κ1) is 26.5. The van der Waals surface area contributed by atoms with Crippen LogP contribution in [0.5, 0.6) is 0 Å². The van der Waals surface area contributed by atoms with E-state index in [0.29, 0.717) is 6.42 Å². The molecule has 0 aromatic heterocycles. The Morgan fingerprint density at radius 3 is 1.30 bits per heavy atom. The average molecular weight is 383 g/mol. The van der Waals surface area contributed by atoms with Gasteiger partial charge < -0.3 is 5.11 Å². The number of hydrogen-bond donors (Lipinski definition) is 1. The van der Waals surface area contributed by atoms with Crippen LogP contribution in [0.25, 0.3) is 0 Å². The fraction of sp³-hybridized carbons (Fsp3) is 0.960. The Hall–Kier alpha value is -0.530. The molecule has 1 N–H and O–H groups in total. The zero-order chi connectivity index (χ0) is 20.0. The number of carbonyl (C=O) groups is 1. The van der Waals surface area contributed by atoms with Crippen molar-refractivity contribution in [2.24, 2.45) is 5.92 Å². The highest BCUT2D eigenvalue weighted by Crippen LogP contribution is 2.19. The molecule has 2 heteroatoms. The molecule has 0 aliphatic heterocycles.